The Morgan fingerprint density at radius 1 is 1.13 bits per heavy atom. The van der Waals surface area contributed by atoms with Crippen LogP contribution in [0.2, 0.25) is 0 Å². The fraction of sp³-hybridized carbons (Fsp3) is 0.619. The highest BCUT2D eigenvalue weighted by molar-refractivity contribution is 7.89. The van der Waals surface area contributed by atoms with Gasteiger partial charge in [-0.25, -0.2) is 8.42 Å². The lowest BCUT2D eigenvalue weighted by molar-refractivity contribution is -0.137. The molecule has 9 heteroatoms. The summed E-state index contributed by atoms with van der Waals surface area (Å²) >= 11 is 0. The summed E-state index contributed by atoms with van der Waals surface area (Å²) in [7, 11) is -2.37. The van der Waals surface area contributed by atoms with Gasteiger partial charge in [-0.2, -0.15) is 17.5 Å². The first-order valence-electron chi connectivity index (χ1n) is 10.1. The van der Waals surface area contributed by atoms with Crippen molar-refractivity contribution >= 4 is 10.0 Å². The summed E-state index contributed by atoms with van der Waals surface area (Å²) in [5, 5.41) is 9.00. The molecule has 0 atom stereocenters. The van der Waals surface area contributed by atoms with Crippen LogP contribution in [0.4, 0.5) is 13.2 Å². The van der Waals surface area contributed by atoms with E-state index >= 15 is 0 Å². The number of sulfonamides is 1. The van der Waals surface area contributed by atoms with E-state index in [0.717, 1.165) is 43.7 Å². The van der Waals surface area contributed by atoms with Crippen molar-refractivity contribution in [2.45, 2.75) is 49.7 Å². The van der Waals surface area contributed by atoms with Gasteiger partial charge in [-0.15, -0.1) is 0 Å². The summed E-state index contributed by atoms with van der Waals surface area (Å²) in [6.45, 7) is 4.11. The molecule has 1 saturated carbocycles. The first-order valence-corrected chi connectivity index (χ1v) is 11.5. The Bertz CT molecular complexity index is 837. The summed E-state index contributed by atoms with van der Waals surface area (Å²) < 4.78 is 65.0. The van der Waals surface area contributed by atoms with E-state index in [-0.39, 0.29) is 23.5 Å². The van der Waals surface area contributed by atoms with E-state index in [1.165, 1.54) is 11.4 Å². The van der Waals surface area contributed by atoms with Crippen LogP contribution in [-0.4, -0.2) is 62.1 Å². The molecule has 0 heterocycles. The summed E-state index contributed by atoms with van der Waals surface area (Å²) in [6.07, 6.45) is -1.64. The number of rotatable bonds is 7. The quantitative estimate of drug-likeness (QED) is 0.654. The van der Waals surface area contributed by atoms with Crippen molar-refractivity contribution in [3.63, 3.8) is 0 Å². The minimum Gasteiger partial charge on any atom is -0.395 e. The molecule has 30 heavy (non-hydrogen) atoms. The molecular formula is C21H29F3N2O3S. The number of halogens is 3. The van der Waals surface area contributed by atoms with Crippen molar-refractivity contribution in [2.75, 3.05) is 33.3 Å². The zero-order valence-electron chi connectivity index (χ0n) is 17.3. The maximum atomic E-state index is 12.8. The van der Waals surface area contributed by atoms with Crippen LogP contribution in [0, 0.1) is 17.8 Å². The number of likely N-dealkylation sites (N-methyl/N-ethyl adjacent to an activating group) is 1. The number of aliphatic hydroxyl groups is 1. The van der Waals surface area contributed by atoms with Crippen molar-refractivity contribution in [3.8, 4) is 11.8 Å². The molecule has 0 aromatic heterocycles. The summed E-state index contributed by atoms with van der Waals surface area (Å²) in [5.74, 6) is 6.60. The molecule has 1 N–H and O–H groups in total. The van der Waals surface area contributed by atoms with Gasteiger partial charge in [-0.1, -0.05) is 18.8 Å². The zero-order chi connectivity index (χ0) is 22.4. The first kappa shape index (κ1) is 24.7. The molecule has 168 valence electrons. The van der Waals surface area contributed by atoms with Crippen molar-refractivity contribution < 1.29 is 26.7 Å². The average molecular weight is 447 g/mol. The molecule has 0 spiro atoms. The Labute approximate surface area is 176 Å². The standard InChI is InChI=1S/C21H29F3N2O3S/c1-3-26(15-16-27)14-4-5-17-6-10-19(11-7-17)25(2)30(28,29)20-12-8-18(9-13-20)21(22,23)24/h8-9,12-13,17,19,27H,3,6-7,10-11,14-16H2,1-2H3. The summed E-state index contributed by atoms with van der Waals surface area (Å²) in [5.41, 5.74) is -0.871. The third-order valence-corrected chi connectivity index (χ3v) is 7.47. The van der Waals surface area contributed by atoms with Crippen LogP contribution in [0.3, 0.4) is 0 Å². The predicted molar refractivity (Wildman–Crippen MR) is 109 cm³/mol. The SMILES string of the molecule is CCN(CC#CC1CCC(N(C)S(=O)(=O)c2ccc(C(F)(F)F)cc2)CC1)CCO. The van der Waals surface area contributed by atoms with Crippen LogP contribution >= 0.6 is 0 Å². The smallest absolute Gasteiger partial charge is 0.395 e. The molecular weight excluding hydrogens is 417 g/mol. The van der Waals surface area contributed by atoms with Crippen LogP contribution < -0.4 is 0 Å². The lowest BCUT2D eigenvalue weighted by Crippen LogP contribution is -2.39. The number of nitrogens with zero attached hydrogens (tertiary/aromatic N) is 2. The van der Waals surface area contributed by atoms with Crippen LogP contribution in [0.25, 0.3) is 0 Å². The summed E-state index contributed by atoms with van der Waals surface area (Å²) in [6, 6.07) is 3.42. The van der Waals surface area contributed by atoms with E-state index in [1.54, 1.807) is 0 Å². The zero-order valence-corrected chi connectivity index (χ0v) is 18.1. The second-order valence-electron chi connectivity index (χ2n) is 7.46. The number of hydrogen-bond donors (Lipinski definition) is 1. The van der Waals surface area contributed by atoms with E-state index in [0.29, 0.717) is 25.9 Å². The number of aliphatic hydroxyl groups excluding tert-OH is 1. The Kier molecular flexibility index (Phi) is 8.73. The van der Waals surface area contributed by atoms with Gasteiger partial charge in [0.15, 0.2) is 0 Å². The van der Waals surface area contributed by atoms with Gasteiger partial charge in [0, 0.05) is 25.6 Å². The van der Waals surface area contributed by atoms with Crippen molar-refractivity contribution in [3.05, 3.63) is 29.8 Å². The lowest BCUT2D eigenvalue weighted by atomic mass is 9.86. The highest BCUT2D eigenvalue weighted by atomic mass is 32.2. The Balaban J connectivity index is 1.95. The van der Waals surface area contributed by atoms with Gasteiger partial charge in [-0.05, 0) is 56.5 Å². The lowest BCUT2D eigenvalue weighted by Gasteiger charge is -2.32. The van der Waals surface area contributed by atoms with Crippen LogP contribution in [0.1, 0.15) is 38.2 Å². The fourth-order valence-corrected chi connectivity index (χ4v) is 4.97. The molecule has 0 unspecified atom stereocenters. The molecule has 1 aliphatic carbocycles. The monoisotopic (exact) mass is 446 g/mol. The number of benzene rings is 1. The van der Waals surface area contributed by atoms with Gasteiger partial charge in [0.1, 0.15) is 0 Å². The largest absolute Gasteiger partial charge is 0.416 e. The van der Waals surface area contributed by atoms with E-state index in [1.807, 2.05) is 11.8 Å². The molecule has 1 aliphatic rings. The van der Waals surface area contributed by atoms with Gasteiger partial charge in [-0.3, -0.25) is 4.90 Å². The van der Waals surface area contributed by atoms with E-state index in [9.17, 15) is 21.6 Å². The van der Waals surface area contributed by atoms with E-state index in [2.05, 4.69) is 11.8 Å². The van der Waals surface area contributed by atoms with E-state index < -0.39 is 21.8 Å². The molecule has 0 bridgehead atoms. The van der Waals surface area contributed by atoms with Crippen LogP contribution in [0.15, 0.2) is 29.2 Å². The van der Waals surface area contributed by atoms with Gasteiger partial charge in [0.05, 0.1) is 23.6 Å². The van der Waals surface area contributed by atoms with Crippen LogP contribution in [-0.2, 0) is 16.2 Å². The Morgan fingerprint density at radius 2 is 1.73 bits per heavy atom. The van der Waals surface area contributed by atoms with Gasteiger partial charge < -0.3 is 5.11 Å². The molecule has 2 rings (SSSR count). The molecule has 0 radical (unpaired) electrons. The summed E-state index contributed by atoms with van der Waals surface area (Å²) in [4.78, 5) is 1.91. The maximum absolute atomic E-state index is 12.8. The fourth-order valence-electron chi connectivity index (χ4n) is 3.55. The predicted octanol–water partition coefficient (Wildman–Crippen LogP) is 3.20. The maximum Gasteiger partial charge on any atom is 0.416 e. The van der Waals surface area contributed by atoms with Crippen molar-refractivity contribution in [2.24, 2.45) is 5.92 Å². The topological polar surface area (TPSA) is 60.9 Å². The minimum atomic E-state index is -4.50. The molecule has 0 amide bonds. The van der Waals surface area contributed by atoms with Gasteiger partial charge in [0.2, 0.25) is 10.0 Å². The average Bonchev–Trinajstić information content (AvgIpc) is 2.72. The second kappa shape index (κ2) is 10.6. The second-order valence-corrected chi connectivity index (χ2v) is 9.46. The third-order valence-electron chi connectivity index (χ3n) is 5.54. The Hall–Kier alpha value is -1.60. The van der Waals surface area contributed by atoms with E-state index in [4.69, 9.17) is 5.11 Å². The molecule has 0 aliphatic heterocycles. The van der Waals surface area contributed by atoms with Gasteiger partial charge in [0.25, 0.3) is 0 Å². The van der Waals surface area contributed by atoms with Gasteiger partial charge >= 0.3 is 6.18 Å². The first-order chi connectivity index (χ1) is 14.1. The third kappa shape index (κ3) is 6.45. The normalized spacial score (nSPS) is 20.3. The molecule has 5 nitrogen and oxygen atoms in total. The van der Waals surface area contributed by atoms with Crippen molar-refractivity contribution in [1.82, 2.24) is 9.21 Å². The molecule has 1 aromatic rings. The number of alkyl halides is 3. The molecule has 1 aromatic carbocycles. The van der Waals surface area contributed by atoms with Crippen LogP contribution in [0.5, 0.6) is 0 Å². The van der Waals surface area contributed by atoms with Crippen molar-refractivity contribution in [1.29, 1.82) is 0 Å². The highest BCUT2D eigenvalue weighted by Gasteiger charge is 2.33. The molecule has 1 fully saturated rings. The Morgan fingerprint density at radius 3 is 2.23 bits per heavy atom. The molecule has 0 saturated heterocycles. The minimum absolute atomic E-state index is 0.0976. The highest BCUT2D eigenvalue weighted by Crippen LogP contribution is 2.32. The number of hydrogen-bond acceptors (Lipinski definition) is 4.